The van der Waals surface area contributed by atoms with Crippen LogP contribution in [0, 0.1) is 11.3 Å². The summed E-state index contributed by atoms with van der Waals surface area (Å²) in [5.74, 6) is -2.82. The minimum atomic E-state index is -1.28. The maximum absolute atomic E-state index is 13.5. The lowest BCUT2D eigenvalue weighted by Crippen LogP contribution is -2.56. The third-order valence-corrected chi connectivity index (χ3v) is 7.76. The molecule has 4 amide bonds. The van der Waals surface area contributed by atoms with Crippen molar-refractivity contribution in [1.82, 2.24) is 21.3 Å². The number of aliphatic hydroxyl groups excluding tert-OH is 1. The van der Waals surface area contributed by atoms with Gasteiger partial charge in [-0.2, -0.15) is 0 Å². The number of ketones is 1. The van der Waals surface area contributed by atoms with Gasteiger partial charge in [-0.25, -0.2) is 14.4 Å². The van der Waals surface area contributed by atoms with Crippen LogP contribution in [0.25, 0.3) is 0 Å². The third kappa shape index (κ3) is 18.4. The number of aliphatic imine (C=N–C) groups is 1. The van der Waals surface area contributed by atoms with Gasteiger partial charge in [-0.1, -0.05) is 27.7 Å². The average Bonchev–Trinajstić information content (AvgIpc) is 2.94. The number of amides is 4. The van der Waals surface area contributed by atoms with Crippen LogP contribution in [0.5, 0.6) is 0 Å². The van der Waals surface area contributed by atoms with Gasteiger partial charge in [0.25, 0.3) is 0 Å². The first-order valence-electron chi connectivity index (χ1n) is 18.1. The van der Waals surface area contributed by atoms with Gasteiger partial charge in [0.15, 0.2) is 5.78 Å². The molecule has 15 nitrogen and oxygen atoms in total. The van der Waals surface area contributed by atoms with Crippen LogP contribution in [0.1, 0.15) is 128 Å². The lowest BCUT2D eigenvalue weighted by molar-refractivity contribution is -0.142. The predicted molar refractivity (Wildman–Crippen MR) is 197 cm³/mol. The van der Waals surface area contributed by atoms with E-state index >= 15 is 0 Å². The Kier molecular flexibility index (Phi) is 17.8. The molecule has 0 spiro atoms. The number of ether oxygens (including phenoxy) is 2. The number of carboxylic acid groups (broad SMARTS) is 1. The molecule has 0 heterocycles. The Morgan fingerprint density at radius 1 is 0.808 bits per heavy atom. The Morgan fingerprint density at radius 3 is 1.88 bits per heavy atom. The van der Waals surface area contributed by atoms with Crippen LogP contribution in [-0.4, -0.2) is 94.1 Å². The molecule has 0 aromatic rings. The summed E-state index contributed by atoms with van der Waals surface area (Å²) in [6, 6.07) is -3.52. The lowest BCUT2D eigenvalue weighted by atomic mass is 9.76. The monoisotopic (exact) mass is 737 g/mol. The molecule has 1 rings (SSSR count). The van der Waals surface area contributed by atoms with Gasteiger partial charge in [0.1, 0.15) is 35.1 Å². The summed E-state index contributed by atoms with van der Waals surface area (Å²) < 4.78 is 10.6. The van der Waals surface area contributed by atoms with E-state index in [4.69, 9.17) is 9.47 Å². The second-order valence-electron chi connectivity index (χ2n) is 16.6. The van der Waals surface area contributed by atoms with Crippen LogP contribution < -0.4 is 21.3 Å². The van der Waals surface area contributed by atoms with Crippen LogP contribution in [0.2, 0.25) is 0 Å². The molecule has 3 atom stereocenters. The zero-order valence-corrected chi connectivity index (χ0v) is 33.0. The fourth-order valence-electron chi connectivity index (χ4n) is 5.52. The summed E-state index contributed by atoms with van der Waals surface area (Å²) in [6.45, 7) is 19.8. The number of aliphatic hydroxyl groups is 1. The lowest BCUT2D eigenvalue weighted by Gasteiger charge is -2.29. The summed E-state index contributed by atoms with van der Waals surface area (Å²) in [5, 5.41) is 30.7. The third-order valence-electron chi connectivity index (χ3n) is 7.76. The van der Waals surface area contributed by atoms with Gasteiger partial charge in [-0.05, 0) is 98.3 Å². The van der Waals surface area contributed by atoms with Crippen molar-refractivity contribution in [2.75, 3.05) is 13.1 Å². The van der Waals surface area contributed by atoms with Crippen molar-refractivity contribution in [1.29, 1.82) is 0 Å². The van der Waals surface area contributed by atoms with Gasteiger partial charge in [0.05, 0.1) is 5.57 Å². The van der Waals surface area contributed by atoms with Gasteiger partial charge in [-0.3, -0.25) is 19.4 Å². The number of hydrogen-bond donors (Lipinski definition) is 6. The number of nitrogens with one attached hydrogen (secondary N) is 4. The average molecular weight is 738 g/mol. The molecule has 1 aliphatic carbocycles. The highest BCUT2D eigenvalue weighted by Gasteiger charge is 2.34. The first-order chi connectivity index (χ1) is 23.8. The molecule has 52 heavy (non-hydrogen) atoms. The molecular weight excluding hydrogens is 674 g/mol. The minimum Gasteiger partial charge on any atom is -0.511 e. The Labute approximate surface area is 308 Å². The maximum atomic E-state index is 13.5. The van der Waals surface area contributed by atoms with E-state index in [2.05, 4.69) is 26.3 Å². The molecule has 0 fully saturated rings. The smallest absolute Gasteiger partial charge is 0.408 e. The van der Waals surface area contributed by atoms with Crippen LogP contribution in [-0.2, 0) is 28.7 Å². The second-order valence-corrected chi connectivity index (χ2v) is 16.6. The highest BCUT2D eigenvalue weighted by molar-refractivity contribution is 6.22. The van der Waals surface area contributed by atoms with Crippen molar-refractivity contribution in [3.05, 3.63) is 11.3 Å². The zero-order chi connectivity index (χ0) is 40.0. The van der Waals surface area contributed by atoms with Crippen molar-refractivity contribution >= 4 is 41.5 Å². The number of alkyl carbamates (subject to hydrolysis) is 2. The number of Topliss-reactive ketones (excluding diaryl/α,β-unsaturated/α-hetero) is 1. The topological polar surface area (TPSA) is 222 Å². The Bertz CT molecular complexity index is 1340. The number of allylic oxidation sites excluding steroid dienone is 2. The molecule has 0 radical (unpaired) electrons. The van der Waals surface area contributed by atoms with Crippen molar-refractivity contribution in [2.24, 2.45) is 16.3 Å². The first kappa shape index (κ1) is 45.9. The Balaban J connectivity index is 3.02. The highest BCUT2D eigenvalue weighted by atomic mass is 16.6. The predicted octanol–water partition coefficient (Wildman–Crippen LogP) is 5.12. The minimum absolute atomic E-state index is 0.0155. The van der Waals surface area contributed by atoms with Crippen molar-refractivity contribution in [2.45, 2.75) is 157 Å². The van der Waals surface area contributed by atoms with E-state index in [0.717, 1.165) is 0 Å². The van der Waals surface area contributed by atoms with Crippen LogP contribution in [0.15, 0.2) is 16.3 Å². The Hall–Kier alpha value is -4.17. The molecule has 0 bridgehead atoms. The number of unbranched alkanes of at least 4 members (excludes halogenated alkanes) is 1. The van der Waals surface area contributed by atoms with Crippen molar-refractivity contribution in [3.8, 4) is 0 Å². The van der Waals surface area contributed by atoms with E-state index in [-0.39, 0.29) is 67.2 Å². The number of carbonyl (C=O) groups is 6. The van der Waals surface area contributed by atoms with Gasteiger partial charge in [0.2, 0.25) is 11.8 Å². The van der Waals surface area contributed by atoms with Gasteiger partial charge in [0, 0.05) is 31.6 Å². The number of hydrogen-bond acceptors (Lipinski definition) is 10. The summed E-state index contributed by atoms with van der Waals surface area (Å²) in [5.41, 5.74) is -1.18. The summed E-state index contributed by atoms with van der Waals surface area (Å²) >= 11 is 0. The first-order valence-corrected chi connectivity index (χ1v) is 18.1. The highest BCUT2D eigenvalue weighted by Crippen LogP contribution is 2.36. The van der Waals surface area contributed by atoms with Gasteiger partial charge < -0.3 is 41.0 Å². The number of aliphatic carboxylic acids is 1. The molecule has 296 valence electrons. The standard InChI is InChI=1S/C37H63N5O10/c1-22(2)19-26(42-34(50)52-36(7,8)9)31(46)40-24(16-14-18-39-33(49)51-35(4,5)6)30(45)41-25(32(47)48)15-12-13-17-38-23(3)29-27(43)20-37(10,11)21-28(29)44/h22,24-26,43H,12-21H2,1-11H3,(H,39,49)(H,40,46)(H,41,45)(H,42,50)(H,47,48)/t24-,25+,26-/m1/s1. The summed E-state index contributed by atoms with van der Waals surface area (Å²) in [4.78, 5) is 80.9. The van der Waals surface area contributed by atoms with Crippen molar-refractivity contribution in [3.63, 3.8) is 0 Å². The number of rotatable bonds is 18. The van der Waals surface area contributed by atoms with Gasteiger partial charge in [-0.15, -0.1) is 0 Å². The molecule has 0 unspecified atom stereocenters. The van der Waals surface area contributed by atoms with E-state index in [9.17, 15) is 39.0 Å². The molecule has 0 aromatic heterocycles. The zero-order valence-electron chi connectivity index (χ0n) is 33.0. The molecule has 1 aliphatic rings. The number of carboxylic acids is 1. The quantitative estimate of drug-likeness (QED) is 0.0805. The fourth-order valence-corrected chi connectivity index (χ4v) is 5.52. The van der Waals surface area contributed by atoms with E-state index in [0.29, 0.717) is 31.4 Å². The van der Waals surface area contributed by atoms with E-state index in [1.54, 1.807) is 48.5 Å². The Morgan fingerprint density at radius 2 is 1.35 bits per heavy atom. The van der Waals surface area contributed by atoms with Gasteiger partial charge >= 0.3 is 18.2 Å². The molecule has 0 saturated carbocycles. The van der Waals surface area contributed by atoms with Crippen LogP contribution in [0.3, 0.4) is 0 Å². The molecular formula is C37H63N5O10. The van der Waals surface area contributed by atoms with Crippen LogP contribution in [0.4, 0.5) is 9.59 Å². The van der Waals surface area contributed by atoms with E-state index in [1.807, 2.05) is 27.7 Å². The largest absolute Gasteiger partial charge is 0.511 e. The molecule has 0 saturated heterocycles. The SMILES string of the molecule is CC(=NCCCC[C@H](NC(=O)[C@@H](CCCNC(=O)OC(C)(C)C)NC(=O)[C@@H](CC(C)C)NC(=O)OC(C)(C)C)C(=O)O)C1=C(O)CC(C)(C)CC1=O. The maximum Gasteiger partial charge on any atom is 0.408 e. The summed E-state index contributed by atoms with van der Waals surface area (Å²) in [6.07, 6.45) is 0.618. The molecule has 0 aliphatic heterocycles. The number of nitrogens with zero attached hydrogens (tertiary/aromatic N) is 1. The molecule has 6 N–H and O–H groups in total. The number of carbonyl (C=O) groups excluding carboxylic acids is 5. The second kappa shape index (κ2) is 20.2. The summed E-state index contributed by atoms with van der Waals surface area (Å²) in [7, 11) is 0. The normalized spacial score (nSPS) is 16.8. The molecule has 15 heteroatoms. The van der Waals surface area contributed by atoms with E-state index in [1.165, 1.54) is 0 Å². The fraction of sp³-hybridized carbons (Fsp3) is 0.757. The van der Waals surface area contributed by atoms with E-state index < -0.39 is 59.3 Å². The van der Waals surface area contributed by atoms with Crippen molar-refractivity contribution < 1.29 is 48.5 Å². The molecule has 0 aromatic carbocycles. The van der Waals surface area contributed by atoms with Crippen LogP contribution >= 0.6 is 0 Å².